The van der Waals surface area contributed by atoms with Gasteiger partial charge < -0.3 is 14.3 Å². The third-order valence-corrected chi connectivity index (χ3v) is 5.58. The first kappa shape index (κ1) is 19.8. The Hall–Kier alpha value is -2.51. The second kappa shape index (κ2) is 7.39. The molecule has 0 saturated heterocycles. The summed E-state index contributed by atoms with van der Waals surface area (Å²) in [6, 6.07) is 0. The SMILES string of the molecule is C=CC(=O)OCCOC(=O)CC(=O)O/N=C1/C(=O)C2CCC1(C)C2(C)C. The van der Waals surface area contributed by atoms with Crippen molar-refractivity contribution < 1.29 is 33.5 Å². The lowest BCUT2D eigenvalue weighted by Gasteiger charge is -2.32. The Kier molecular flexibility index (Phi) is 5.63. The lowest BCUT2D eigenvalue weighted by molar-refractivity contribution is -0.157. The Morgan fingerprint density at radius 1 is 1.19 bits per heavy atom. The molecule has 0 radical (unpaired) electrons. The molecule has 2 aliphatic carbocycles. The van der Waals surface area contributed by atoms with Gasteiger partial charge in [0.2, 0.25) is 0 Å². The first-order chi connectivity index (χ1) is 12.1. The van der Waals surface area contributed by atoms with Crippen molar-refractivity contribution in [2.45, 2.75) is 40.0 Å². The molecule has 0 aliphatic heterocycles. The first-order valence-corrected chi connectivity index (χ1v) is 8.41. The molecule has 142 valence electrons. The number of Topliss-reactive ketones (excluding diaryl/α,β-unsaturated/α-hetero) is 1. The number of fused-ring (bicyclic) bond motifs is 2. The molecular formula is C18H23NO7. The number of carbonyl (C=O) groups is 4. The van der Waals surface area contributed by atoms with E-state index in [4.69, 9.17) is 9.57 Å². The minimum atomic E-state index is -0.914. The number of ketones is 1. The van der Waals surface area contributed by atoms with Crippen molar-refractivity contribution in [3.05, 3.63) is 12.7 Å². The lowest BCUT2D eigenvalue weighted by atomic mass is 9.70. The molecule has 8 nitrogen and oxygen atoms in total. The largest absolute Gasteiger partial charge is 0.462 e. The molecule has 0 aromatic heterocycles. The molecule has 2 unspecified atom stereocenters. The van der Waals surface area contributed by atoms with E-state index in [9.17, 15) is 19.2 Å². The zero-order valence-electron chi connectivity index (χ0n) is 15.2. The first-order valence-electron chi connectivity index (χ1n) is 8.41. The molecule has 2 fully saturated rings. The van der Waals surface area contributed by atoms with E-state index < -0.39 is 29.7 Å². The summed E-state index contributed by atoms with van der Waals surface area (Å²) < 4.78 is 9.36. The minimum absolute atomic E-state index is 0.0943. The summed E-state index contributed by atoms with van der Waals surface area (Å²) in [5, 5.41) is 3.77. The van der Waals surface area contributed by atoms with Crippen LogP contribution in [-0.2, 0) is 33.5 Å². The Morgan fingerprint density at radius 2 is 1.85 bits per heavy atom. The zero-order valence-corrected chi connectivity index (χ0v) is 15.2. The van der Waals surface area contributed by atoms with Crippen LogP contribution in [0.5, 0.6) is 0 Å². The maximum Gasteiger partial charge on any atom is 0.346 e. The fourth-order valence-electron chi connectivity index (χ4n) is 3.62. The summed E-state index contributed by atoms with van der Waals surface area (Å²) in [6.07, 6.45) is 1.94. The van der Waals surface area contributed by atoms with Gasteiger partial charge in [0.25, 0.3) is 0 Å². The molecule has 2 saturated carbocycles. The van der Waals surface area contributed by atoms with E-state index in [-0.39, 0.29) is 36.0 Å². The number of hydrogen-bond acceptors (Lipinski definition) is 8. The van der Waals surface area contributed by atoms with Gasteiger partial charge in [-0.25, -0.2) is 9.59 Å². The Labute approximate surface area is 151 Å². The predicted octanol–water partition coefficient (Wildman–Crippen LogP) is 1.57. The van der Waals surface area contributed by atoms with Gasteiger partial charge in [-0.15, -0.1) is 0 Å². The molecule has 0 N–H and O–H groups in total. The van der Waals surface area contributed by atoms with Crippen LogP contribution in [0, 0.1) is 16.7 Å². The average molecular weight is 365 g/mol. The summed E-state index contributed by atoms with van der Waals surface area (Å²) in [5.41, 5.74) is -0.418. The van der Waals surface area contributed by atoms with Crippen molar-refractivity contribution in [3.63, 3.8) is 0 Å². The lowest BCUT2D eigenvalue weighted by Crippen LogP contribution is -2.34. The molecule has 0 amide bonds. The number of esters is 2. The van der Waals surface area contributed by atoms with Crippen molar-refractivity contribution in [2.75, 3.05) is 13.2 Å². The van der Waals surface area contributed by atoms with Crippen LogP contribution in [0.15, 0.2) is 17.8 Å². The van der Waals surface area contributed by atoms with E-state index >= 15 is 0 Å². The Bertz CT molecular complexity index is 679. The van der Waals surface area contributed by atoms with Crippen LogP contribution in [-0.4, -0.2) is 42.6 Å². The van der Waals surface area contributed by atoms with Crippen molar-refractivity contribution in [1.82, 2.24) is 0 Å². The highest BCUT2D eigenvalue weighted by Crippen LogP contribution is 2.62. The highest BCUT2D eigenvalue weighted by Gasteiger charge is 2.65. The highest BCUT2D eigenvalue weighted by molar-refractivity contribution is 6.45. The Morgan fingerprint density at radius 3 is 2.42 bits per heavy atom. The summed E-state index contributed by atoms with van der Waals surface area (Å²) >= 11 is 0. The maximum atomic E-state index is 12.4. The summed E-state index contributed by atoms with van der Waals surface area (Å²) in [5.74, 6) is -2.60. The molecule has 2 aliphatic rings. The van der Waals surface area contributed by atoms with Gasteiger partial charge in [0.15, 0.2) is 5.78 Å². The van der Waals surface area contributed by atoms with Crippen molar-refractivity contribution in [1.29, 1.82) is 0 Å². The fourth-order valence-corrected chi connectivity index (χ4v) is 3.62. The van der Waals surface area contributed by atoms with Crippen LogP contribution in [0.3, 0.4) is 0 Å². The molecular weight excluding hydrogens is 342 g/mol. The van der Waals surface area contributed by atoms with E-state index in [1.807, 2.05) is 20.8 Å². The predicted molar refractivity (Wildman–Crippen MR) is 89.9 cm³/mol. The van der Waals surface area contributed by atoms with E-state index in [2.05, 4.69) is 16.5 Å². The van der Waals surface area contributed by atoms with Gasteiger partial charge in [0.1, 0.15) is 25.3 Å². The van der Waals surface area contributed by atoms with Gasteiger partial charge in [-0.3, -0.25) is 9.59 Å². The van der Waals surface area contributed by atoms with Gasteiger partial charge in [-0.1, -0.05) is 32.5 Å². The number of oxime groups is 1. The van der Waals surface area contributed by atoms with Crippen LogP contribution in [0.4, 0.5) is 0 Å². The molecule has 2 bridgehead atoms. The van der Waals surface area contributed by atoms with E-state index in [1.165, 1.54) is 0 Å². The van der Waals surface area contributed by atoms with Crippen LogP contribution in [0.25, 0.3) is 0 Å². The molecule has 2 atom stereocenters. The zero-order chi connectivity index (χ0) is 19.5. The van der Waals surface area contributed by atoms with E-state index in [0.717, 1.165) is 18.9 Å². The van der Waals surface area contributed by atoms with Crippen LogP contribution in [0.1, 0.15) is 40.0 Å². The molecule has 0 heterocycles. The fraction of sp³-hybridized carbons (Fsp3) is 0.611. The number of rotatable bonds is 7. The molecule has 8 heteroatoms. The molecule has 0 aromatic carbocycles. The summed E-state index contributed by atoms with van der Waals surface area (Å²) in [6.45, 7) is 8.87. The van der Waals surface area contributed by atoms with Crippen molar-refractivity contribution in [3.8, 4) is 0 Å². The summed E-state index contributed by atoms with van der Waals surface area (Å²) in [4.78, 5) is 51.2. The van der Waals surface area contributed by atoms with Crippen molar-refractivity contribution >= 4 is 29.4 Å². The van der Waals surface area contributed by atoms with Gasteiger partial charge in [-0.05, 0) is 18.3 Å². The number of nitrogens with zero attached hydrogens (tertiary/aromatic N) is 1. The molecule has 2 rings (SSSR count). The second-order valence-electron chi connectivity index (χ2n) is 7.18. The third kappa shape index (κ3) is 3.54. The monoisotopic (exact) mass is 365 g/mol. The quantitative estimate of drug-likeness (QED) is 0.168. The smallest absolute Gasteiger partial charge is 0.346 e. The van der Waals surface area contributed by atoms with Crippen LogP contribution >= 0.6 is 0 Å². The maximum absolute atomic E-state index is 12.4. The van der Waals surface area contributed by atoms with Gasteiger partial charge in [-0.2, -0.15) is 0 Å². The van der Waals surface area contributed by atoms with Crippen LogP contribution < -0.4 is 0 Å². The van der Waals surface area contributed by atoms with Crippen molar-refractivity contribution in [2.24, 2.45) is 21.9 Å². The standard InChI is InChI=1S/C18H23NO7/c1-5-12(20)24-8-9-25-13(21)10-14(22)26-19-16-15(23)11-6-7-18(16,4)17(11,2)3/h5,11H,1,6-10H2,2-4H3/b19-16-. The van der Waals surface area contributed by atoms with Gasteiger partial charge >= 0.3 is 17.9 Å². The van der Waals surface area contributed by atoms with Crippen LogP contribution in [0.2, 0.25) is 0 Å². The highest BCUT2D eigenvalue weighted by atomic mass is 16.7. The Balaban J connectivity index is 1.82. The normalized spacial score (nSPS) is 27.3. The molecule has 26 heavy (non-hydrogen) atoms. The second-order valence-corrected chi connectivity index (χ2v) is 7.18. The number of hydrogen-bond donors (Lipinski definition) is 0. The third-order valence-electron chi connectivity index (χ3n) is 5.58. The summed E-state index contributed by atoms with van der Waals surface area (Å²) in [7, 11) is 0. The number of carbonyl (C=O) groups excluding carboxylic acids is 4. The molecule has 0 spiro atoms. The minimum Gasteiger partial charge on any atom is -0.462 e. The topological polar surface area (TPSA) is 108 Å². The van der Waals surface area contributed by atoms with Gasteiger partial charge in [0.05, 0.1) is 0 Å². The van der Waals surface area contributed by atoms with E-state index in [1.54, 1.807) is 0 Å². The number of ether oxygens (including phenoxy) is 2. The van der Waals surface area contributed by atoms with E-state index in [0.29, 0.717) is 0 Å². The molecule has 0 aromatic rings. The van der Waals surface area contributed by atoms with Gasteiger partial charge in [0, 0.05) is 17.4 Å². The average Bonchev–Trinajstić information content (AvgIpc) is 2.88.